The van der Waals surface area contributed by atoms with Gasteiger partial charge >= 0.3 is 0 Å². The Bertz CT molecular complexity index is 657. The van der Waals surface area contributed by atoms with E-state index in [2.05, 4.69) is 15.3 Å². The number of rotatable bonds is 7. The first-order valence-electron chi connectivity index (χ1n) is 10.5. The van der Waals surface area contributed by atoms with E-state index in [0.29, 0.717) is 19.6 Å². The molecule has 0 spiro atoms. The zero-order valence-electron chi connectivity index (χ0n) is 17.0. The largest absolute Gasteiger partial charge is 0.376 e. The summed E-state index contributed by atoms with van der Waals surface area (Å²) in [6.45, 7) is 4.90. The Hall–Kier alpha value is -2.02. The van der Waals surface area contributed by atoms with Crippen molar-refractivity contribution in [3.8, 4) is 0 Å². The molecule has 154 valence electrons. The highest BCUT2D eigenvalue weighted by Crippen LogP contribution is 2.27. The zero-order valence-corrected chi connectivity index (χ0v) is 17.0. The highest BCUT2D eigenvalue weighted by atomic mass is 16.5. The van der Waals surface area contributed by atoms with Gasteiger partial charge in [0.25, 0.3) is 5.91 Å². The van der Waals surface area contributed by atoms with Crippen LogP contribution in [0.4, 0.5) is 0 Å². The van der Waals surface area contributed by atoms with Crippen molar-refractivity contribution >= 4 is 11.8 Å². The molecule has 0 radical (unpaired) electrons. The lowest BCUT2D eigenvalue weighted by molar-refractivity contribution is -0.133. The van der Waals surface area contributed by atoms with Crippen molar-refractivity contribution in [1.82, 2.24) is 20.2 Å². The number of aromatic nitrogens is 2. The van der Waals surface area contributed by atoms with Crippen LogP contribution in [0.1, 0.15) is 75.7 Å². The number of ether oxygens (including phenoxy) is 1. The van der Waals surface area contributed by atoms with Crippen molar-refractivity contribution in [2.45, 2.75) is 82.9 Å². The van der Waals surface area contributed by atoms with Gasteiger partial charge in [-0.25, -0.2) is 4.98 Å². The first-order valence-corrected chi connectivity index (χ1v) is 10.5. The molecule has 2 heterocycles. The van der Waals surface area contributed by atoms with Crippen LogP contribution in [0, 0.1) is 0 Å². The molecule has 1 saturated carbocycles. The van der Waals surface area contributed by atoms with E-state index in [4.69, 9.17) is 4.74 Å². The molecule has 2 fully saturated rings. The number of carbonyl (C=O) groups excluding carboxylic acids is 2. The highest BCUT2D eigenvalue weighted by molar-refractivity contribution is 5.97. The smallest absolute Gasteiger partial charge is 0.275 e. The molecule has 1 aliphatic heterocycles. The molecule has 1 saturated heterocycles. The SMILES string of the molecule is CCC(C)(C(=O)NC1CCCCC1)N(CC1CCCO1)C(=O)c1cnccn1. The van der Waals surface area contributed by atoms with Crippen LogP contribution in [-0.2, 0) is 9.53 Å². The van der Waals surface area contributed by atoms with Crippen LogP contribution in [0.3, 0.4) is 0 Å². The van der Waals surface area contributed by atoms with E-state index in [0.717, 1.165) is 38.5 Å². The summed E-state index contributed by atoms with van der Waals surface area (Å²) >= 11 is 0. The quantitative estimate of drug-likeness (QED) is 0.776. The van der Waals surface area contributed by atoms with Gasteiger partial charge in [-0.2, -0.15) is 0 Å². The van der Waals surface area contributed by atoms with Gasteiger partial charge in [0.15, 0.2) is 0 Å². The Morgan fingerprint density at radius 3 is 2.61 bits per heavy atom. The standard InChI is InChI=1S/C21H32N4O3/c1-3-21(2,20(27)24-16-8-5-4-6-9-16)25(15-17-10-7-13-28-17)19(26)18-14-22-11-12-23-18/h11-12,14,16-17H,3-10,13,15H2,1-2H3,(H,24,27). The van der Waals surface area contributed by atoms with Crippen molar-refractivity contribution < 1.29 is 14.3 Å². The second kappa shape index (κ2) is 9.45. The number of carbonyl (C=O) groups is 2. The van der Waals surface area contributed by atoms with E-state index < -0.39 is 5.54 Å². The summed E-state index contributed by atoms with van der Waals surface area (Å²) in [4.78, 5) is 36.5. The van der Waals surface area contributed by atoms with Gasteiger partial charge in [0.2, 0.25) is 5.91 Å². The molecule has 2 unspecified atom stereocenters. The first-order chi connectivity index (χ1) is 13.5. The number of nitrogens with one attached hydrogen (secondary N) is 1. The van der Waals surface area contributed by atoms with Gasteiger partial charge in [-0.3, -0.25) is 14.6 Å². The molecule has 28 heavy (non-hydrogen) atoms. The van der Waals surface area contributed by atoms with Crippen molar-refractivity contribution in [3.05, 3.63) is 24.3 Å². The second-order valence-corrected chi connectivity index (χ2v) is 8.08. The molecule has 0 bridgehead atoms. The van der Waals surface area contributed by atoms with Gasteiger partial charge in [-0.15, -0.1) is 0 Å². The monoisotopic (exact) mass is 388 g/mol. The van der Waals surface area contributed by atoms with Crippen LogP contribution in [-0.4, -0.2) is 57.5 Å². The molecular weight excluding hydrogens is 356 g/mol. The molecule has 3 rings (SSSR count). The van der Waals surface area contributed by atoms with E-state index in [1.807, 2.05) is 13.8 Å². The zero-order chi connectivity index (χ0) is 20.0. The van der Waals surface area contributed by atoms with E-state index in [9.17, 15) is 9.59 Å². The highest BCUT2D eigenvalue weighted by Gasteiger charge is 2.43. The Labute approximate surface area is 167 Å². The Balaban J connectivity index is 1.83. The summed E-state index contributed by atoms with van der Waals surface area (Å²) in [5, 5.41) is 3.21. The number of amides is 2. The Morgan fingerprint density at radius 1 is 1.21 bits per heavy atom. The van der Waals surface area contributed by atoms with E-state index in [1.165, 1.54) is 25.0 Å². The average Bonchev–Trinajstić information content (AvgIpc) is 3.25. The van der Waals surface area contributed by atoms with Gasteiger partial charge < -0.3 is 15.0 Å². The van der Waals surface area contributed by atoms with Gasteiger partial charge in [-0.05, 0) is 39.0 Å². The first kappa shape index (κ1) is 20.7. The fourth-order valence-electron chi connectivity index (χ4n) is 4.11. The van der Waals surface area contributed by atoms with Crippen LogP contribution >= 0.6 is 0 Å². The topological polar surface area (TPSA) is 84.4 Å². The predicted octanol–water partition coefficient (Wildman–Crippen LogP) is 2.72. The number of hydrogen-bond acceptors (Lipinski definition) is 5. The Kier molecular flexibility index (Phi) is 6.99. The van der Waals surface area contributed by atoms with Crippen molar-refractivity contribution in [1.29, 1.82) is 0 Å². The summed E-state index contributed by atoms with van der Waals surface area (Å²) in [5.41, 5.74) is -0.705. The van der Waals surface area contributed by atoms with Gasteiger partial charge in [-0.1, -0.05) is 26.2 Å². The molecule has 1 aliphatic carbocycles. The lowest BCUT2D eigenvalue weighted by atomic mass is 9.90. The summed E-state index contributed by atoms with van der Waals surface area (Å²) in [5.74, 6) is -0.358. The third kappa shape index (κ3) is 4.69. The minimum absolute atomic E-state index is 0.0472. The average molecular weight is 389 g/mol. The fraction of sp³-hybridized carbons (Fsp3) is 0.714. The van der Waals surface area contributed by atoms with E-state index in [-0.39, 0.29) is 29.7 Å². The molecule has 2 atom stereocenters. The molecule has 7 heteroatoms. The second-order valence-electron chi connectivity index (χ2n) is 8.08. The molecule has 1 aromatic heterocycles. The maximum Gasteiger partial charge on any atom is 0.275 e. The molecule has 1 N–H and O–H groups in total. The minimum Gasteiger partial charge on any atom is -0.376 e. The lowest BCUT2D eigenvalue weighted by Gasteiger charge is -2.41. The number of hydrogen-bond donors (Lipinski definition) is 1. The van der Waals surface area contributed by atoms with Crippen LogP contribution < -0.4 is 5.32 Å². The van der Waals surface area contributed by atoms with Crippen LogP contribution in [0.2, 0.25) is 0 Å². The normalized spacial score (nSPS) is 22.4. The molecule has 0 aromatic carbocycles. The van der Waals surface area contributed by atoms with Crippen molar-refractivity contribution in [2.75, 3.05) is 13.2 Å². The molecule has 1 aromatic rings. The van der Waals surface area contributed by atoms with Crippen molar-refractivity contribution in [3.63, 3.8) is 0 Å². The summed E-state index contributed by atoms with van der Waals surface area (Å²) in [6.07, 6.45) is 12.4. The van der Waals surface area contributed by atoms with Crippen LogP contribution in [0.15, 0.2) is 18.6 Å². The van der Waals surface area contributed by atoms with Gasteiger partial charge in [0, 0.05) is 31.6 Å². The number of nitrogens with zero attached hydrogens (tertiary/aromatic N) is 3. The third-order valence-corrected chi connectivity index (χ3v) is 6.15. The van der Waals surface area contributed by atoms with Crippen LogP contribution in [0.5, 0.6) is 0 Å². The lowest BCUT2D eigenvalue weighted by Crippen LogP contribution is -2.61. The van der Waals surface area contributed by atoms with Gasteiger partial charge in [0.1, 0.15) is 11.2 Å². The van der Waals surface area contributed by atoms with Crippen molar-refractivity contribution in [2.24, 2.45) is 0 Å². The minimum atomic E-state index is -0.960. The summed E-state index contributed by atoms with van der Waals surface area (Å²) < 4.78 is 5.78. The van der Waals surface area contributed by atoms with E-state index in [1.54, 1.807) is 4.90 Å². The van der Waals surface area contributed by atoms with Crippen LogP contribution in [0.25, 0.3) is 0 Å². The maximum atomic E-state index is 13.3. The Morgan fingerprint density at radius 2 is 2.00 bits per heavy atom. The summed E-state index contributed by atoms with van der Waals surface area (Å²) in [7, 11) is 0. The van der Waals surface area contributed by atoms with E-state index >= 15 is 0 Å². The molecular formula is C21H32N4O3. The predicted molar refractivity (Wildman–Crippen MR) is 106 cm³/mol. The summed E-state index contributed by atoms with van der Waals surface area (Å²) in [6, 6.07) is 0.198. The molecule has 7 nitrogen and oxygen atoms in total. The fourth-order valence-corrected chi connectivity index (χ4v) is 4.11. The maximum absolute atomic E-state index is 13.3. The third-order valence-electron chi connectivity index (χ3n) is 6.15. The molecule has 2 aliphatic rings. The molecule has 2 amide bonds. The van der Waals surface area contributed by atoms with Gasteiger partial charge in [0.05, 0.1) is 12.3 Å².